The molecule has 4 rings (SSSR count). The summed E-state index contributed by atoms with van der Waals surface area (Å²) in [5, 5.41) is 12.9. The molecule has 3 atom stereocenters. The molecule has 0 saturated carbocycles. The van der Waals surface area contributed by atoms with E-state index in [1.165, 1.54) is 10.4 Å². The van der Waals surface area contributed by atoms with E-state index in [9.17, 15) is 5.11 Å². The van der Waals surface area contributed by atoms with Crippen molar-refractivity contribution < 1.29 is 19.0 Å². The Hall–Kier alpha value is -2.70. The van der Waals surface area contributed by atoms with Crippen LogP contribution in [0, 0.1) is 0 Å². The molecule has 1 aliphatic heterocycles. The molecule has 0 spiro atoms. The molecule has 0 fully saturated rings. The molecule has 3 aromatic carbocycles. The van der Waals surface area contributed by atoms with E-state index in [0.29, 0.717) is 0 Å². The van der Waals surface area contributed by atoms with Crippen LogP contribution in [0.4, 0.5) is 0 Å². The fourth-order valence-electron chi connectivity index (χ4n) is 4.43. The van der Waals surface area contributed by atoms with Crippen molar-refractivity contribution in [1.29, 1.82) is 0 Å². The summed E-state index contributed by atoms with van der Waals surface area (Å²) in [5.41, 5.74) is 0. The molecule has 0 bridgehead atoms. The summed E-state index contributed by atoms with van der Waals surface area (Å²) in [6.07, 6.45) is 1.60. The van der Waals surface area contributed by atoms with Crippen molar-refractivity contribution in [2.75, 3.05) is 6.61 Å². The van der Waals surface area contributed by atoms with Gasteiger partial charge in [0.05, 0.1) is 6.61 Å². The number of aliphatic hydroxyl groups excluding tert-OH is 1. The van der Waals surface area contributed by atoms with Crippen molar-refractivity contribution in [3.63, 3.8) is 0 Å². The fourth-order valence-corrected chi connectivity index (χ4v) is 9.00. The van der Waals surface area contributed by atoms with Crippen LogP contribution in [0.5, 0.6) is 5.75 Å². The van der Waals surface area contributed by atoms with Crippen LogP contribution in [0.3, 0.4) is 0 Å². The smallest absolute Gasteiger partial charge is 0.261 e. The maximum atomic E-state index is 10.7. The standard InChI is InChI=1S/C28H32O4Si/c1-28(2,3)33(23-15-9-5-10-16-23,24-17-11-6-12-18-24)30-21-26-25(29)19-20-27(32-26)31-22-13-7-4-8-14-22/h4-20,25-27,29H,21H2,1-3H3/t25-,26-,27-/m1/s1. The van der Waals surface area contributed by atoms with E-state index < -0.39 is 26.8 Å². The predicted molar refractivity (Wildman–Crippen MR) is 134 cm³/mol. The molecule has 0 aromatic heterocycles. The maximum Gasteiger partial charge on any atom is 0.261 e. The van der Waals surface area contributed by atoms with Gasteiger partial charge in [0, 0.05) is 0 Å². The molecule has 0 amide bonds. The van der Waals surface area contributed by atoms with Crippen molar-refractivity contribution in [1.82, 2.24) is 0 Å². The van der Waals surface area contributed by atoms with E-state index in [0.717, 1.165) is 5.75 Å². The van der Waals surface area contributed by atoms with Crippen LogP contribution in [0.1, 0.15) is 20.8 Å². The molecule has 0 unspecified atom stereocenters. The van der Waals surface area contributed by atoms with Crippen LogP contribution >= 0.6 is 0 Å². The predicted octanol–water partition coefficient (Wildman–Crippen LogP) is 4.28. The van der Waals surface area contributed by atoms with Crippen molar-refractivity contribution >= 4 is 18.7 Å². The lowest BCUT2D eigenvalue weighted by Crippen LogP contribution is -2.67. The Morgan fingerprint density at radius 2 is 1.30 bits per heavy atom. The second kappa shape index (κ2) is 10.1. The van der Waals surface area contributed by atoms with Crippen LogP contribution < -0.4 is 15.1 Å². The fraction of sp³-hybridized carbons (Fsp3) is 0.286. The Balaban J connectivity index is 1.61. The highest BCUT2D eigenvalue weighted by atomic mass is 28.4. The van der Waals surface area contributed by atoms with Gasteiger partial charge in [0.1, 0.15) is 18.0 Å². The van der Waals surface area contributed by atoms with Crippen LogP contribution in [-0.4, -0.2) is 38.5 Å². The number of ether oxygens (including phenoxy) is 2. The maximum absolute atomic E-state index is 10.7. The third-order valence-electron chi connectivity index (χ3n) is 6.03. The minimum absolute atomic E-state index is 0.148. The van der Waals surface area contributed by atoms with Gasteiger partial charge in [-0.1, -0.05) is 106 Å². The van der Waals surface area contributed by atoms with Crippen molar-refractivity contribution in [2.45, 2.75) is 44.3 Å². The van der Waals surface area contributed by atoms with Gasteiger partial charge < -0.3 is 19.0 Å². The molecule has 3 aromatic rings. The van der Waals surface area contributed by atoms with Gasteiger partial charge in [-0.15, -0.1) is 0 Å². The molecule has 0 radical (unpaired) electrons. The van der Waals surface area contributed by atoms with E-state index in [1.807, 2.05) is 42.5 Å². The zero-order valence-corrected chi connectivity index (χ0v) is 20.4. The lowest BCUT2D eigenvalue weighted by molar-refractivity contribution is -0.140. The highest BCUT2D eigenvalue weighted by Crippen LogP contribution is 2.37. The molecule has 172 valence electrons. The molecular formula is C28H32O4Si. The lowest BCUT2D eigenvalue weighted by atomic mass is 10.1. The first-order valence-corrected chi connectivity index (χ1v) is 13.3. The summed E-state index contributed by atoms with van der Waals surface area (Å²) in [6, 6.07) is 30.5. The zero-order valence-electron chi connectivity index (χ0n) is 19.4. The monoisotopic (exact) mass is 460 g/mol. The lowest BCUT2D eigenvalue weighted by Gasteiger charge is -2.44. The Morgan fingerprint density at radius 1 is 0.788 bits per heavy atom. The van der Waals surface area contributed by atoms with Gasteiger partial charge in [0.25, 0.3) is 8.32 Å². The second-order valence-corrected chi connectivity index (χ2v) is 13.6. The highest BCUT2D eigenvalue weighted by molar-refractivity contribution is 6.99. The highest BCUT2D eigenvalue weighted by Gasteiger charge is 2.50. The minimum Gasteiger partial charge on any atom is -0.461 e. The largest absolute Gasteiger partial charge is 0.461 e. The number of hydrogen-bond acceptors (Lipinski definition) is 4. The molecule has 33 heavy (non-hydrogen) atoms. The summed E-state index contributed by atoms with van der Waals surface area (Å²) in [4.78, 5) is 0. The summed E-state index contributed by atoms with van der Waals surface area (Å²) in [6.45, 7) is 6.96. The van der Waals surface area contributed by atoms with Crippen LogP contribution in [0.25, 0.3) is 0 Å². The van der Waals surface area contributed by atoms with Crippen molar-refractivity contribution in [3.05, 3.63) is 103 Å². The molecule has 4 nitrogen and oxygen atoms in total. The van der Waals surface area contributed by atoms with Gasteiger partial charge >= 0.3 is 0 Å². The normalized spacial score (nSPS) is 21.0. The number of hydrogen-bond donors (Lipinski definition) is 1. The first-order valence-electron chi connectivity index (χ1n) is 11.4. The van der Waals surface area contributed by atoms with Crippen molar-refractivity contribution in [3.8, 4) is 5.75 Å². The number of para-hydroxylation sites is 1. The summed E-state index contributed by atoms with van der Waals surface area (Å²) >= 11 is 0. The van der Waals surface area contributed by atoms with Crippen LogP contribution in [-0.2, 0) is 9.16 Å². The van der Waals surface area contributed by atoms with Crippen molar-refractivity contribution in [2.24, 2.45) is 0 Å². The Bertz CT molecular complexity index is 992. The van der Waals surface area contributed by atoms with E-state index in [1.54, 1.807) is 12.2 Å². The van der Waals surface area contributed by atoms with E-state index >= 15 is 0 Å². The molecule has 1 aliphatic rings. The van der Waals surface area contributed by atoms with E-state index in [-0.39, 0.29) is 11.6 Å². The first kappa shape index (κ1) is 23.5. The van der Waals surface area contributed by atoms with E-state index in [4.69, 9.17) is 13.9 Å². The Labute approximate surface area is 197 Å². The Kier molecular flexibility index (Phi) is 7.15. The molecule has 0 saturated heterocycles. The van der Waals surface area contributed by atoms with E-state index in [2.05, 4.69) is 69.3 Å². The molecule has 0 aliphatic carbocycles. The topological polar surface area (TPSA) is 47.9 Å². The quantitative estimate of drug-likeness (QED) is 0.422. The van der Waals surface area contributed by atoms with Gasteiger partial charge in [0.2, 0.25) is 6.29 Å². The average Bonchev–Trinajstić information content (AvgIpc) is 2.82. The Morgan fingerprint density at radius 3 is 1.82 bits per heavy atom. The number of benzene rings is 3. The molecular weight excluding hydrogens is 428 g/mol. The number of rotatable bonds is 7. The average molecular weight is 461 g/mol. The minimum atomic E-state index is -2.72. The third kappa shape index (κ3) is 5.12. The molecule has 5 heteroatoms. The van der Waals surface area contributed by atoms with Gasteiger partial charge in [-0.2, -0.15) is 0 Å². The summed E-state index contributed by atoms with van der Waals surface area (Å²) in [7, 11) is -2.72. The summed E-state index contributed by atoms with van der Waals surface area (Å²) in [5.74, 6) is 0.718. The summed E-state index contributed by atoms with van der Waals surface area (Å²) < 4.78 is 19.0. The second-order valence-electron chi connectivity index (χ2n) is 9.32. The first-order chi connectivity index (χ1) is 15.9. The zero-order chi connectivity index (χ0) is 23.3. The van der Waals surface area contributed by atoms with Gasteiger partial charge in [-0.05, 0) is 33.6 Å². The van der Waals surface area contributed by atoms with Crippen LogP contribution in [0.15, 0.2) is 103 Å². The molecule has 1 heterocycles. The molecule has 1 N–H and O–H groups in total. The van der Waals surface area contributed by atoms with Gasteiger partial charge in [0.15, 0.2) is 0 Å². The van der Waals surface area contributed by atoms with Gasteiger partial charge in [-0.3, -0.25) is 0 Å². The van der Waals surface area contributed by atoms with Gasteiger partial charge in [-0.25, -0.2) is 0 Å². The third-order valence-corrected chi connectivity index (χ3v) is 11.0. The number of aliphatic hydroxyl groups is 1. The van der Waals surface area contributed by atoms with Crippen LogP contribution in [0.2, 0.25) is 5.04 Å². The SMILES string of the molecule is CC(C)(C)[Si](OC[C@H]1O[C@@H](Oc2ccccc2)C=C[C@H]1O)(c1ccccc1)c1ccccc1.